The van der Waals surface area contributed by atoms with Gasteiger partial charge in [0.2, 0.25) is 0 Å². The van der Waals surface area contributed by atoms with Gasteiger partial charge in [-0.05, 0) is 12.1 Å². The average Bonchev–Trinajstić information content (AvgIpc) is 2.66. The highest BCUT2D eigenvalue weighted by molar-refractivity contribution is 6.31. The van der Waals surface area contributed by atoms with E-state index in [0.29, 0.717) is 6.07 Å². The van der Waals surface area contributed by atoms with Crippen molar-refractivity contribution >= 4 is 23.2 Å². The Labute approximate surface area is 115 Å². The molecular formula is C11H6Cl2F4N2. The lowest BCUT2D eigenvalue weighted by Crippen LogP contribution is -2.01. The van der Waals surface area contributed by atoms with E-state index in [2.05, 4.69) is 5.10 Å². The molecule has 102 valence electrons. The van der Waals surface area contributed by atoms with Crippen molar-refractivity contribution in [3.63, 3.8) is 0 Å². The fourth-order valence-electron chi connectivity index (χ4n) is 1.56. The Morgan fingerprint density at radius 1 is 1.26 bits per heavy atom. The highest BCUT2D eigenvalue weighted by Gasteiger charge is 2.24. The summed E-state index contributed by atoms with van der Waals surface area (Å²) >= 11 is 11.4. The van der Waals surface area contributed by atoms with Crippen LogP contribution in [0, 0.1) is 11.6 Å². The Hall–Kier alpha value is -1.27. The highest BCUT2D eigenvalue weighted by atomic mass is 35.5. The molecule has 0 N–H and O–H groups in total. The van der Waals surface area contributed by atoms with Gasteiger partial charge in [-0.15, -0.1) is 11.6 Å². The summed E-state index contributed by atoms with van der Waals surface area (Å²) in [6, 6.07) is 2.63. The predicted molar refractivity (Wildman–Crippen MR) is 63.0 cm³/mol. The van der Waals surface area contributed by atoms with Gasteiger partial charge < -0.3 is 0 Å². The zero-order chi connectivity index (χ0) is 14.2. The molecule has 0 atom stereocenters. The second-order valence-corrected chi connectivity index (χ2v) is 4.22. The van der Waals surface area contributed by atoms with Crippen LogP contribution in [0.1, 0.15) is 17.7 Å². The van der Waals surface area contributed by atoms with Gasteiger partial charge in [0.1, 0.15) is 22.4 Å². The van der Waals surface area contributed by atoms with Crippen molar-refractivity contribution in [3.05, 3.63) is 46.2 Å². The quantitative estimate of drug-likeness (QED) is 0.603. The lowest BCUT2D eigenvalue weighted by atomic mass is 10.3. The molecule has 0 spiro atoms. The molecule has 2 nitrogen and oxygen atoms in total. The van der Waals surface area contributed by atoms with Crippen molar-refractivity contribution in [1.29, 1.82) is 0 Å². The van der Waals surface area contributed by atoms with E-state index in [4.69, 9.17) is 23.2 Å². The Bertz CT molecular complexity index is 613. The van der Waals surface area contributed by atoms with Crippen molar-refractivity contribution in [1.82, 2.24) is 9.78 Å². The third kappa shape index (κ3) is 2.55. The van der Waals surface area contributed by atoms with Crippen LogP contribution in [-0.2, 0) is 5.88 Å². The number of rotatable bonds is 3. The molecule has 0 fully saturated rings. The maximum Gasteiger partial charge on any atom is 0.282 e. The van der Waals surface area contributed by atoms with Crippen LogP contribution in [0.5, 0.6) is 0 Å². The van der Waals surface area contributed by atoms with Gasteiger partial charge in [-0.3, -0.25) is 0 Å². The standard InChI is InChI=1S/C11H6Cl2F4N2/c12-4-6-9(11(16)17)18-19(10(6)13)8-2-1-5(14)3-7(8)15/h1-3,11H,4H2. The summed E-state index contributed by atoms with van der Waals surface area (Å²) < 4.78 is 52.6. The van der Waals surface area contributed by atoms with E-state index in [9.17, 15) is 17.6 Å². The van der Waals surface area contributed by atoms with Crippen LogP contribution in [0.3, 0.4) is 0 Å². The van der Waals surface area contributed by atoms with E-state index < -0.39 is 23.8 Å². The first-order valence-corrected chi connectivity index (χ1v) is 5.93. The smallest absolute Gasteiger partial charge is 0.218 e. The molecule has 2 aromatic rings. The summed E-state index contributed by atoms with van der Waals surface area (Å²) in [5, 5.41) is 3.30. The molecule has 0 aliphatic carbocycles. The van der Waals surface area contributed by atoms with Gasteiger partial charge >= 0.3 is 0 Å². The molecule has 0 unspecified atom stereocenters. The molecule has 1 heterocycles. The van der Waals surface area contributed by atoms with Crippen LogP contribution < -0.4 is 0 Å². The van der Waals surface area contributed by atoms with Gasteiger partial charge in [-0.25, -0.2) is 22.2 Å². The van der Waals surface area contributed by atoms with Crippen LogP contribution in [0.15, 0.2) is 18.2 Å². The van der Waals surface area contributed by atoms with E-state index in [1.54, 1.807) is 0 Å². The second kappa shape index (κ2) is 5.38. The van der Waals surface area contributed by atoms with Crippen molar-refractivity contribution in [2.24, 2.45) is 0 Å². The van der Waals surface area contributed by atoms with Crippen molar-refractivity contribution in [3.8, 4) is 5.69 Å². The molecule has 0 radical (unpaired) electrons. The number of alkyl halides is 3. The molecule has 0 aliphatic heterocycles. The maximum absolute atomic E-state index is 13.6. The number of hydrogen-bond acceptors (Lipinski definition) is 1. The van der Waals surface area contributed by atoms with Crippen molar-refractivity contribution in [2.45, 2.75) is 12.3 Å². The largest absolute Gasteiger partial charge is 0.282 e. The Morgan fingerprint density at radius 3 is 2.42 bits per heavy atom. The Morgan fingerprint density at radius 2 is 1.95 bits per heavy atom. The summed E-state index contributed by atoms with van der Waals surface area (Å²) in [6.07, 6.45) is -2.89. The number of halogens is 6. The first kappa shape index (κ1) is 14.1. The molecule has 0 saturated carbocycles. The zero-order valence-electron chi connectivity index (χ0n) is 9.18. The second-order valence-electron chi connectivity index (χ2n) is 3.60. The SMILES string of the molecule is Fc1ccc(-n2nc(C(F)F)c(CCl)c2Cl)c(F)c1. The summed E-state index contributed by atoms with van der Waals surface area (Å²) in [5.74, 6) is -2.05. The van der Waals surface area contributed by atoms with E-state index >= 15 is 0 Å². The molecular weight excluding hydrogens is 307 g/mol. The van der Waals surface area contributed by atoms with E-state index in [0.717, 1.165) is 16.8 Å². The van der Waals surface area contributed by atoms with Gasteiger partial charge in [0.25, 0.3) is 6.43 Å². The molecule has 19 heavy (non-hydrogen) atoms. The summed E-state index contributed by atoms with van der Waals surface area (Å²) in [7, 11) is 0. The lowest BCUT2D eigenvalue weighted by Gasteiger charge is -2.04. The minimum atomic E-state index is -2.89. The number of nitrogens with zero attached hydrogens (tertiary/aromatic N) is 2. The van der Waals surface area contributed by atoms with Gasteiger partial charge in [0.05, 0.1) is 5.88 Å². The third-order valence-electron chi connectivity index (χ3n) is 2.43. The highest BCUT2D eigenvalue weighted by Crippen LogP contribution is 2.31. The number of hydrogen-bond donors (Lipinski definition) is 0. The topological polar surface area (TPSA) is 17.8 Å². The van der Waals surface area contributed by atoms with Crippen molar-refractivity contribution in [2.75, 3.05) is 0 Å². The molecule has 1 aromatic heterocycles. The summed E-state index contributed by atoms with van der Waals surface area (Å²) in [5.41, 5.74) is -0.935. The summed E-state index contributed by atoms with van der Waals surface area (Å²) in [4.78, 5) is 0. The summed E-state index contributed by atoms with van der Waals surface area (Å²) in [6.45, 7) is 0. The van der Waals surface area contributed by atoms with Gasteiger partial charge in [0.15, 0.2) is 5.82 Å². The molecule has 8 heteroatoms. The van der Waals surface area contributed by atoms with E-state index in [-0.39, 0.29) is 22.3 Å². The molecule has 2 rings (SSSR count). The molecule has 0 saturated heterocycles. The fourth-order valence-corrected chi connectivity index (χ4v) is 2.18. The van der Waals surface area contributed by atoms with Gasteiger partial charge in [0, 0.05) is 11.6 Å². The molecule has 0 bridgehead atoms. The maximum atomic E-state index is 13.6. The van der Waals surface area contributed by atoms with Crippen LogP contribution >= 0.6 is 23.2 Å². The van der Waals surface area contributed by atoms with E-state index in [1.165, 1.54) is 0 Å². The monoisotopic (exact) mass is 312 g/mol. The van der Waals surface area contributed by atoms with Crippen molar-refractivity contribution < 1.29 is 17.6 Å². The Kier molecular flexibility index (Phi) is 4.01. The van der Waals surface area contributed by atoms with Crippen LogP contribution in [0.2, 0.25) is 5.15 Å². The molecule has 1 aromatic carbocycles. The van der Waals surface area contributed by atoms with E-state index in [1.807, 2.05) is 0 Å². The molecule has 0 aliphatic rings. The minimum absolute atomic E-state index is 0.0814. The lowest BCUT2D eigenvalue weighted by molar-refractivity contribution is 0.144. The average molecular weight is 313 g/mol. The van der Waals surface area contributed by atoms with Gasteiger partial charge in [-0.2, -0.15) is 5.10 Å². The normalized spacial score (nSPS) is 11.3. The minimum Gasteiger partial charge on any atom is -0.218 e. The first-order valence-electron chi connectivity index (χ1n) is 5.02. The van der Waals surface area contributed by atoms with Crippen LogP contribution in [0.4, 0.5) is 17.6 Å². The third-order valence-corrected chi connectivity index (χ3v) is 3.09. The van der Waals surface area contributed by atoms with Crippen LogP contribution in [-0.4, -0.2) is 9.78 Å². The fraction of sp³-hybridized carbons (Fsp3) is 0.182. The Balaban J connectivity index is 2.63. The number of aromatic nitrogens is 2. The van der Waals surface area contributed by atoms with Gasteiger partial charge in [-0.1, -0.05) is 11.6 Å². The number of benzene rings is 1. The van der Waals surface area contributed by atoms with Crippen LogP contribution in [0.25, 0.3) is 5.69 Å². The molecule has 0 amide bonds. The first-order chi connectivity index (χ1) is 8.95. The predicted octanol–water partition coefficient (Wildman–Crippen LogP) is 4.48. The zero-order valence-corrected chi connectivity index (χ0v) is 10.7.